The minimum absolute atomic E-state index is 0.0987. The van der Waals surface area contributed by atoms with Gasteiger partial charge in [0.1, 0.15) is 11.4 Å². The number of rotatable bonds is 4. The van der Waals surface area contributed by atoms with Gasteiger partial charge >= 0.3 is 5.97 Å². The SMILES string of the molecule is CCOC(=O)c1ccc(NC(=O)[C@@H]2CS[C@H]3c4ccccc4C(=O)N23)cc1. The Bertz CT molecular complexity index is 912. The molecule has 2 amide bonds. The van der Waals surface area contributed by atoms with Crippen LogP contribution in [0, 0.1) is 0 Å². The van der Waals surface area contributed by atoms with E-state index in [0.717, 1.165) is 5.56 Å². The molecule has 0 radical (unpaired) electrons. The van der Waals surface area contributed by atoms with Gasteiger partial charge in [0.25, 0.3) is 5.91 Å². The second-order valence-corrected chi connectivity index (χ2v) is 7.40. The zero-order valence-corrected chi connectivity index (χ0v) is 15.5. The Morgan fingerprint density at radius 3 is 2.67 bits per heavy atom. The Labute approximate surface area is 160 Å². The third-order valence-corrected chi connectivity index (χ3v) is 5.96. The van der Waals surface area contributed by atoms with Crippen molar-refractivity contribution in [3.8, 4) is 0 Å². The summed E-state index contributed by atoms with van der Waals surface area (Å²) in [6.45, 7) is 2.06. The molecule has 2 aromatic carbocycles. The Kier molecular flexibility index (Phi) is 4.61. The smallest absolute Gasteiger partial charge is 0.338 e. The molecule has 1 N–H and O–H groups in total. The monoisotopic (exact) mass is 382 g/mol. The number of thioether (sulfide) groups is 1. The summed E-state index contributed by atoms with van der Waals surface area (Å²) >= 11 is 1.60. The van der Waals surface area contributed by atoms with E-state index < -0.39 is 12.0 Å². The predicted molar refractivity (Wildman–Crippen MR) is 103 cm³/mol. The summed E-state index contributed by atoms with van der Waals surface area (Å²) in [6, 6.07) is 13.5. The summed E-state index contributed by atoms with van der Waals surface area (Å²) in [6.07, 6.45) is 0. The van der Waals surface area contributed by atoms with E-state index in [1.165, 1.54) is 0 Å². The molecule has 27 heavy (non-hydrogen) atoms. The van der Waals surface area contributed by atoms with Crippen molar-refractivity contribution in [3.63, 3.8) is 0 Å². The largest absolute Gasteiger partial charge is 0.462 e. The van der Waals surface area contributed by atoms with E-state index in [0.29, 0.717) is 29.2 Å². The number of benzene rings is 2. The molecule has 0 aromatic heterocycles. The van der Waals surface area contributed by atoms with Crippen LogP contribution in [-0.2, 0) is 9.53 Å². The first-order valence-electron chi connectivity index (χ1n) is 8.71. The van der Waals surface area contributed by atoms with E-state index in [-0.39, 0.29) is 17.2 Å². The van der Waals surface area contributed by atoms with Gasteiger partial charge in [0, 0.05) is 17.0 Å². The molecule has 2 atom stereocenters. The number of nitrogens with one attached hydrogen (secondary N) is 1. The summed E-state index contributed by atoms with van der Waals surface area (Å²) in [7, 11) is 0. The molecule has 4 rings (SSSR count). The third kappa shape index (κ3) is 3.08. The highest BCUT2D eigenvalue weighted by atomic mass is 32.2. The molecule has 138 valence electrons. The summed E-state index contributed by atoms with van der Waals surface area (Å²) in [4.78, 5) is 38.8. The van der Waals surface area contributed by atoms with Gasteiger partial charge in [-0.15, -0.1) is 11.8 Å². The Balaban J connectivity index is 1.47. The highest BCUT2D eigenvalue weighted by Crippen LogP contribution is 2.48. The second-order valence-electron chi connectivity index (χ2n) is 6.29. The van der Waals surface area contributed by atoms with Crippen molar-refractivity contribution >= 4 is 35.2 Å². The topological polar surface area (TPSA) is 75.7 Å². The lowest BCUT2D eigenvalue weighted by atomic mass is 10.1. The minimum Gasteiger partial charge on any atom is -0.462 e. The van der Waals surface area contributed by atoms with Crippen molar-refractivity contribution < 1.29 is 19.1 Å². The number of amides is 2. The number of carbonyl (C=O) groups excluding carboxylic acids is 3. The van der Waals surface area contributed by atoms with E-state index in [4.69, 9.17) is 4.74 Å². The van der Waals surface area contributed by atoms with Crippen molar-refractivity contribution in [2.45, 2.75) is 18.3 Å². The molecule has 0 unspecified atom stereocenters. The third-order valence-electron chi connectivity index (χ3n) is 4.66. The fraction of sp³-hybridized carbons (Fsp3) is 0.250. The molecule has 2 aromatic rings. The Hall–Kier alpha value is -2.80. The normalized spacial score (nSPS) is 20.2. The molecular formula is C20H18N2O4S. The summed E-state index contributed by atoms with van der Waals surface area (Å²) < 4.78 is 4.95. The second kappa shape index (κ2) is 7.08. The van der Waals surface area contributed by atoms with Gasteiger partial charge in [-0.1, -0.05) is 18.2 Å². The molecule has 0 spiro atoms. The van der Waals surface area contributed by atoms with Crippen LogP contribution in [0.5, 0.6) is 0 Å². The fourth-order valence-electron chi connectivity index (χ4n) is 3.37. The molecule has 7 heteroatoms. The molecule has 0 bridgehead atoms. The fourth-order valence-corrected chi connectivity index (χ4v) is 4.84. The van der Waals surface area contributed by atoms with Gasteiger partial charge in [-0.05, 0) is 42.8 Å². The quantitative estimate of drug-likeness (QED) is 0.823. The van der Waals surface area contributed by atoms with Crippen LogP contribution < -0.4 is 5.32 Å². The predicted octanol–water partition coefficient (Wildman–Crippen LogP) is 3.07. The number of hydrogen-bond acceptors (Lipinski definition) is 5. The Morgan fingerprint density at radius 2 is 1.93 bits per heavy atom. The number of esters is 1. The first kappa shape index (κ1) is 17.6. The van der Waals surface area contributed by atoms with Crippen molar-refractivity contribution in [3.05, 3.63) is 65.2 Å². The summed E-state index contributed by atoms with van der Waals surface area (Å²) in [5.41, 5.74) is 2.65. The average molecular weight is 382 g/mol. The lowest BCUT2D eigenvalue weighted by Gasteiger charge is -2.22. The average Bonchev–Trinajstić information content (AvgIpc) is 3.23. The van der Waals surface area contributed by atoms with Crippen LogP contribution in [0.2, 0.25) is 0 Å². The summed E-state index contributed by atoms with van der Waals surface area (Å²) in [5.74, 6) is -0.170. The van der Waals surface area contributed by atoms with Crippen LogP contribution in [0.15, 0.2) is 48.5 Å². The molecule has 0 saturated carbocycles. The van der Waals surface area contributed by atoms with E-state index >= 15 is 0 Å². The van der Waals surface area contributed by atoms with Crippen LogP contribution >= 0.6 is 11.8 Å². The summed E-state index contributed by atoms with van der Waals surface area (Å²) in [5, 5.41) is 2.74. The number of ether oxygens (including phenoxy) is 1. The first-order chi connectivity index (χ1) is 13.1. The molecule has 6 nitrogen and oxygen atoms in total. The van der Waals surface area contributed by atoms with Gasteiger partial charge < -0.3 is 15.0 Å². The first-order valence-corrected chi connectivity index (χ1v) is 9.76. The van der Waals surface area contributed by atoms with Crippen LogP contribution in [-0.4, -0.2) is 41.1 Å². The lowest BCUT2D eigenvalue weighted by molar-refractivity contribution is -0.119. The molecule has 1 saturated heterocycles. The molecule has 2 aliphatic rings. The van der Waals surface area contributed by atoms with Gasteiger partial charge in [-0.2, -0.15) is 0 Å². The van der Waals surface area contributed by atoms with Crippen LogP contribution in [0.1, 0.15) is 38.6 Å². The van der Waals surface area contributed by atoms with Crippen molar-refractivity contribution in [2.75, 3.05) is 17.7 Å². The van der Waals surface area contributed by atoms with Crippen LogP contribution in [0.3, 0.4) is 0 Å². The zero-order valence-electron chi connectivity index (χ0n) is 14.7. The van der Waals surface area contributed by atoms with Crippen molar-refractivity contribution in [1.29, 1.82) is 0 Å². The van der Waals surface area contributed by atoms with Crippen molar-refractivity contribution in [2.24, 2.45) is 0 Å². The van der Waals surface area contributed by atoms with E-state index in [1.54, 1.807) is 53.9 Å². The number of fused-ring (bicyclic) bond motifs is 3. The standard InChI is InChI=1S/C20H18N2O4S/c1-2-26-20(25)12-7-9-13(10-8-12)21-17(23)16-11-27-19-15-6-4-3-5-14(15)18(24)22(16)19/h3-10,16,19H,2,11H2,1H3,(H,21,23)/t16-,19-/m0/s1. The maximum atomic E-state index is 12.8. The minimum atomic E-state index is -0.523. The molecule has 1 fully saturated rings. The molecular weight excluding hydrogens is 364 g/mol. The number of hydrogen-bond donors (Lipinski definition) is 1. The van der Waals surface area contributed by atoms with E-state index in [9.17, 15) is 14.4 Å². The lowest BCUT2D eigenvalue weighted by Crippen LogP contribution is -2.42. The van der Waals surface area contributed by atoms with E-state index in [1.807, 2.05) is 18.2 Å². The van der Waals surface area contributed by atoms with Crippen molar-refractivity contribution in [1.82, 2.24) is 4.90 Å². The Morgan fingerprint density at radius 1 is 1.19 bits per heavy atom. The van der Waals surface area contributed by atoms with Gasteiger partial charge in [-0.3, -0.25) is 9.59 Å². The van der Waals surface area contributed by atoms with Gasteiger partial charge in [0.05, 0.1) is 12.2 Å². The highest BCUT2D eigenvalue weighted by molar-refractivity contribution is 7.99. The van der Waals surface area contributed by atoms with Gasteiger partial charge in [0.15, 0.2) is 0 Å². The molecule has 2 aliphatic heterocycles. The highest BCUT2D eigenvalue weighted by Gasteiger charge is 2.48. The van der Waals surface area contributed by atoms with Crippen LogP contribution in [0.4, 0.5) is 5.69 Å². The van der Waals surface area contributed by atoms with Crippen LogP contribution in [0.25, 0.3) is 0 Å². The van der Waals surface area contributed by atoms with Gasteiger partial charge in [-0.25, -0.2) is 4.79 Å². The maximum Gasteiger partial charge on any atom is 0.338 e. The molecule has 0 aliphatic carbocycles. The van der Waals surface area contributed by atoms with Gasteiger partial charge in [0.2, 0.25) is 5.91 Å². The number of anilines is 1. The zero-order chi connectivity index (χ0) is 19.0. The maximum absolute atomic E-state index is 12.8. The van der Waals surface area contributed by atoms with E-state index in [2.05, 4.69) is 5.32 Å². The molecule has 2 heterocycles. The number of nitrogens with zero attached hydrogens (tertiary/aromatic N) is 1. The number of carbonyl (C=O) groups is 3.